The summed E-state index contributed by atoms with van der Waals surface area (Å²) in [5.41, 5.74) is 1.89. The lowest BCUT2D eigenvalue weighted by Gasteiger charge is -2.27. The van der Waals surface area contributed by atoms with Crippen LogP contribution in [0.15, 0.2) is 24.3 Å². The predicted octanol–water partition coefficient (Wildman–Crippen LogP) is 1.47. The Kier molecular flexibility index (Phi) is 2.02. The van der Waals surface area contributed by atoms with Gasteiger partial charge in [0, 0.05) is 25.1 Å². The number of hydrogen-bond acceptors (Lipinski definition) is 2. The van der Waals surface area contributed by atoms with Gasteiger partial charge in [-0.25, -0.2) is 0 Å². The van der Waals surface area contributed by atoms with Gasteiger partial charge in [-0.1, -0.05) is 18.2 Å². The first-order valence-electron chi connectivity index (χ1n) is 5.71. The Balaban J connectivity index is 2.05. The number of anilines is 1. The van der Waals surface area contributed by atoms with Crippen LogP contribution in [0.4, 0.5) is 5.69 Å². The van der Waals surface area contributed by atoms with Gasteiger partial charge in [-0.05, 0) is 17.5 Å². The van der Waals surface area contributed by atoms with Crippen LogP contribution in [0.5, 0.6) is 0 Å². The van der Waals surface area contributed by atoms with Crippen molar-refractivity contribution in [1.82, 2.24) is 0 Å². The molecule has 3 rings (SSSR count). The minimum Gasteiger partial charge on any atom is -0.481 e. The molecule has 1 N–H and O–H groups in total. The minimum absolute atomic E-state index is 0.0214. The van der Waals surface area contributed by atoms with E-state index in [0.717, 1.165) is 11.3 Å². The number of carboxylic acid groups (broad SMARTS) is 1. The summed E-state index contributed by atoms with van der Waals surface area (Å²) in [7, 11) is 0. The minimum atomic E-state index is -0.750. The molecule has 0 saturated heterocycles. The van der Waals surface area contributed by atoms with Gasteiger partial charge in [0.25, 0.3) is 0 Å². The van der Waals surface area contributed by atoms with Gasteiger partial charge in [-0.15, -0.1) is 0 Å². The monoisotopic (exact) mass is 231 g/mol. The van der Waals surface area contributed by atoms with Crippen molar-refractivity contribution in [1.29, 1.82) is 0 Å². The largest absolute Gasteiger partial charge is 0.481 e. The molecule has 1 aromatic rings. The zero-order valence-electron chi connectivity index (χ0n) is 9.46. The molecule has 2 aliphatic rings. The number of carboxylic acids is 1. The maximum absolute atomic E-state index is 11.6. The van der Waals surface area contributed by atoms with E-state index >= 15 is 0 Å². The van der Waals surface area contributed by atoms with Gasteiger partial charge in [0.1, 0.15) is 0 Å². The number of benzene rings is 1. The Labute approximate surface area is 98.9 Å². The molecule has 1 heterocycles. The van der Waals surface area contributed by atoms with Crippen LogP contribution < -0.4 is 4.90 Å². The third kappa shape index (κ3) is 1.37. The van der Waals surface area contributed by atoms with Crippen LogP contribution in [0.2, 0.25) is 0 Å². The summed E-state index contributed by atoms with van der Waals surface area (Å²) in [5, 5.41) is 9.13. The third-order valence-electron chi connectivity index (χ3n) is 3.81. The standard InChI is InChI=1S/C13H13NO3/c1-7(15)14-6-9-11(12(9)13(16)17)8-4-2-3-5-10(8)14/h2-5,9,11-12H,6H2,1H3,(H,16,17)/t9-,11+,12?/m0/s1. The zero-order valence-corrected chi connectivity index (χ0v) is 9.46. The van der Waals surface area contributed by atoms with E-state index in [1.807, 2.05) is 24.3 Å². The van der Waals surface area contributed by atoms with E-state index in [2.05, 4.69) is 0 Å². The SMILES string of the molecule is CC(=O)N1C[C@@H]2C(C(=O)O)[C@@H]2c2ccccc21. The highest BCUT2D eigenvalue weighted by atomic mass is 16.4. The lowest BCUT2D eigenvalue weighted by molar-refractivity contribution is -0.139. The number of aliphatic carboxylic acids is 1. The number of carbonyl (C=O) groups is 2. The number of nitrogens with zero attached hydrogens (tertiary/aromatic N) is 1. The maximum atomic E-state index is 11.6. The number of amides is 1. The second-order valence-corrected chi connectivity index (χ2v) is 4.74. The van der Waals surface area contributed by atoms with Crippen LogP contribution >= 0.6 is 0 Å². The first kappa shape index (κ1) is 10.3. The summed E-state index contributed by atoms with van der Waals surface area (Å²) in [6.45, 7) is 2.06. The topological polar surface area (TPSA) is 57.6 Å². The van der Waals surface area contributed by atoms with Crippen molar-refractivity contribution in [3.63, 3.8) is 0 Å². The van der Waals surface area contributed by atoms with Gasteiger partial charge in [0.2, 0.25) is 5.91 Å². The summed E-state index contributed by atoms with van der Waals surface area (Å²) in [5.74, 6) is -0.904. The van der Waals surface area contributed by atoms with E-state index in [1.54, 1.807) is 4.90 Å². The lowest BCUT2D eigenvalue weighted by atomic mass is 10.0. The van der Waals surface area contributed by atoms with Crippen LogP contribution in [0.3, 0.4) is 0 Å². The Morgan fingerprint density at radius 3 is 2.71 bits per heavy atom. The molecule has 4 nitrogen and oxygen atoms in total. The molecule has 1 fully saturated rings. The molecule has 0 radical (unpaired) electrons. The van der Waals surface area contributed by atoms with E-state index < -0.39 is 5.97 Å². The molecule has 1 unspecified atom stereocenters. The van der Waals surface area contributed by atoms with Crippen LogP contribution in [0, 0.1) is 11.8 Å². The number of hydrogen-bond donors (Lipinski definition) is 1. The Morgan fingerprint density at radius 1 is 1.35 bits per heavy atom. The number of carbonyl (C=O) groups excluding carboxylic acids is 1. The molecule has 1 aromatic carbocycles. The molecule has 1 saturated carbocycles. The molecule has 17 heavy (non-hydrogen) atoms. The van der Waals surface area contributed by atoms with Crippen LogP contribution in [0.25, 0.3) is 0 Å². The summed E-state index contributed by atoms with van der Waals surface area (Å²) in [6.07, 6.45) is 0. The van der Waals surface area contributed by atoms with Gasteiger partial charge in [-0.2, -0.15) is 0 Å². The van der Waals surface area contributed by atoms with Gasteiger partial charge >= 0.3 is 5.97 Å². The van der Waals surface area contributed by atoms with Gasteiger partial charge in [0.05, 0.1) is 5.92 Å². The van der Waals surface area contributed by atoms with Crippen molar-refractivity contribution in [2.75, 3.05) is 11.4 Å². The molecule has 0 spiro atoms. The van der Waals surface area contributed by atoms with Crippen molar-refractivity contribution in [3.8, 4) is 0 Å². The van der Waals surface area contributed by atoms with Gasteiger partial charge in [0.15, 0.2) is 0 Å². The van der Waals surface area contributed by atoms with Crippen LogP contribution in [-0.4, -0.2) is 23.5 Å². The first-order chi connectivity index (χ1) is 8.11. The lowest BCUT2D eigenvalue weighted by Crippen LogP contribution is -2.34. The normalized spacial score (nSPS) is 29.2. The Bertz CT molecular complexity index is 511. The average molecular weight is 231 g/mol. The molecule has 1 amide bonds. The number of rotatable bonds is 1. The maximum Gasteiger partial charge on any atom is 0.307 e. The highest BCUT2D eigenvalue weighted by Gasteiger charge is 2.59. The highest BCUT2D eigenvalue weighted by molar-refractivity contribution is 5.94. The van der Waals surface area contributed by atoms with Crippen LogP contribution in [0.1, 0.15) is 18.4 Å². The van der Waals surface area contributed by atoms with E-state index in [0.29, 0.717) is 6.54 Å². The van der Waals surface area contributed by atoms with Crippen molar-refractivity contribution in [2.24, 2.45) is 11.8 Å². The molecule has 3 atom stereocenters. The van der Waals surface area contributed by atoms with E-state index in [1.165, 1.54) is 6.92 Å². The van der Waals surface area contributed by atoms with Crippen molar-refractivity contribution >= 4 is 17.6 Å². The summed E-state index contributed by atoms with van der Waals surface area (Å²) in [4.78, 5) is 24.4. The van der Waals surface area contributed by atoms with Crippen molar-refractivity contribution in [3.05, 3.63) is 29.8 Å². The van der Waals surface area contributed by atoms with E-state index in [9.17, 15) is 9.59 Å². The van der Waals surface area contributed by atoms with Gasteiger partial charge in [-0.3, -0.25) is 9.59 Å². The molecule has 0 aromatic heterocycles. The average Bonchev–Trinajstić information content (AvgIpc) is 3.02. The predicted molar refractivity (Wildman–Crippen MR) is 61.8 cm³/mol. The highest BCUT2D eigenvalue weighted by Crippen LogP contribution is 2.59. The second-order valence-electron chi connectivity index (χ2n) is 4.74. The fourth-order valence-electron chi connectivity index (χ4n) is 2.98. The number of para-hydroxylation sites is 1. The number of fused-ring (bicyclic) bond motifs is 3. The fourth-order valence-corrected chi connectivity index (χ4v) is 2.98. The fraction of sp³-hybridized carbons (Fsp3) is 0.385. The molecular weight excluding hydrogens is 218 g/mol. The molecule has 0 bridgehead atoms. The zero-order chi connectivity index (χ0) is 12.2. The Morgan fingerprint density at radius 2 is 2.06 bits per heavy atom. The van der Waals surface area contributed by atoms with Crippen molar-refractivity contribution < 1.29 is 14.7 Å². The second kappa shape index (κ2) is 3.32. The van der Waals surface area contributed by atoms with Crippen molar-refractivity contribution in [2.45, 2.75) is 12.8 Å². The van der Waals surface area contributed by atoms with E-state index in [4.69, 9.17) is 5.11 Å². The first-order valence-corrected chi connectivity index (χ1v) is 5.71. The Hall–Kier alpha value is -1.84. The quantitative estimate of drug-likeness (QED) is 0.796. The summed E-state index contributed by atoms with van der Waals surface area (Å²) in [6, 6.07) is 7.61. The molecular formula is C13H13NO3. The molecule has 1 aliphatic heterocycles. The smallest absolute Gasteiger partial charge is 0.307 e. The molecule has 1 aliphatic carbocycles. The summed E-state index contributed by atoms with van der Waals surface area (Å²) < 4.78 is 0. The summed E-state index contributed by atoms with van der Waals surface area (Å²) >= 11 is 0. The molecule has 4 heteroatoms. The van der Waals surface area contributed by atoms with Crippen LogP contribution in [-0.2, 0) is 9.59 Å². The van der Waals surface area contributed by atoms with Gasteiger partial charge < -0.3 is 10.0 Å². The third-order valence-corrected chi connectivity index (χ3v) is 3.81. The van der Waals surface area contributed by atoms with E-state index in [-0.39, 0.29) is 23.7 Å². The molecule has 88 valence electrons.